The van der Waals surface area contributed by atoms with Gasteiger partial charge in [0.1, 0.15) is 17.2 Å². The summed E-state index contributed by atoms with van der Waals surface area (Å²) in [4.78, 5) is 53.7. The van der Waals surface area contributed by atoms with Crippen LogP contribution >= 0.6 is 0 Å². The van der Waals surface area contributed by atoms with Crippen molar-refractivity contribution in [3.63, 3.8) is 0 Å². The van der Waals surface area contributed by atoms with E-state index in [4.69, 9.17) is 9.47 Å². The van der Waals surface area contributed by atoms with Crippen LogP contribution in [0.1, 0.15) is 68.2 Å². The molecule has 0 radical (unpaired) electrons. The van der Waals surface area contributed by atoms with Gasteiger partial charge in [0.05, 0.1) is 6.54 Å². The van der Waals surface area contributed by atoms with Crippen LogP contribution in [-0.2, 0) is 19.1 Å². The van der Waals surface area contributed by atoms with Gasteiger partial charge in [-0.1, -0.05) is 13.8 Å². The molecule has 33 heavy (non-hydrogen) atoms. The van der Waals surface area contributed by atoms with E-state index in [9.17, 15) is 19.2 Å². The van der Waals surface area contributed by atoms with Crippen LogP contribution in [0.25, 0.3) is 0 Å². The summed E-state index contributed by atoms with van der Waals surface area (Å²) in [5, 5.41) is 5.12. The van der Waals surface area contributed by atoms with Gasteiger partial charge in [0.2, 0.25) is 11.8 Å². The molecule has 4 amide bonds. The first-order chi connectivity index (χ1) is 15.1. The van der Waals surface area contributed by atoms with Crippen molar-refractivity contribution in [3.05, 3.63) is 0 Å². The molecule has 190 valence electrons. The molecule has 1 aliphatic heterocycles. The first-order valence-corrected chi connectivity index (χ1v) is 11.7. The van der Waals surface area contributed by atoms with Crippen molar-refractivity contribution in [1.82, 2.24) is 20.4 Å². The standard InChI is InChI=1S/C23H42N4O6/c1-9-16(2)18(28)26-11-10-12-27(14-13-26)19(29)17(25-21(31)33-23(6,7)8)15-24-20(30)32-22(3,4)5/h16-17H,9-15H2,1-8H3,(H,24,30)(H,25,31)/t16-,17-/m1/s1. The van der Waals surface area contributed by atoms with Gasteiger partial charge in [-0.05, 0) is 54.4 Å². The monoisotopic (exact) mass is 470 g/mol. The lowest BCUT2D eigenvalue weighted by Crippen LogP contribution is -2.55. The Bertz CT molecular complexity index is 698. The second-order valence-electron chi connectivity index (χ2n) is 10.4. The zero-order chi connectivity index (χ0) is 25.4. The third kappa shape index (κ3) is 10.8. The minimum atomic E-state index is -1.04. The maximum atomic E-state index is 13.3. The summed E-state index contributed by atoms with van der Waals surface area (Å²) in [5.41, 5.74) is -1.44. The Morgan fingerprint density at radius 3 is 1.79 bits per heavy atom. The zero-order valence-electron chi connectivity index (χ0n) is 21.4. The minimum Gasteiger partial charge on any atom is -0.444 e. The van der Waals surface area contributed by atoms with Crippen LogP contribution in [0.5, 0.6) is 0 Å². The van der Waals surface area contributed by atoms with Gasteiger partial charge >= 0.3 is 12.2 Å². The van der Waals surface area contributed by atoms with E-state index in [2.05, 4.69) is 10.6 Å². The number of nitrogens with one attached hydrogen (secondary N) is 2. The van der Waals surface area contributed by atoms with Crippen LogP contribution in [0.3, 0.4) is 0 Å². The van der Waals surface area contributed by atoms with Crippen LogP contribution < -0.4 is 10.6 Å². The molecule has 10 nitrogen and oxygen atoms in total. The number of ether oxygens (including phenoxy) is 2. The Hall–Kier alpha value is -2.52. The van der Waals surface area contributed by atoms with Gasteiger partial charge in [-0.3, -0.25) is 9.59 Å². The van der Waals surface area contributed by atoms with Crippen molar-refractivity contribution in [2.75, 3.05) is 32.7 Å². The highest BCUT2D eigenvalue weighted by Crippen LogP contribution is 2.12. The van der Waals surface area contributed by atoms with E-state index in [1.165, 1.54) is 0 Å². The molecule has 2 atom stereocenters. The van der Waals surface area contributed by atoms with Crippen molar-refractivity contribution < 1.29 is 28.7 Å². The quantitative estimate of drug-likeness (QED) is 0.616. The molecule has 0 aromatic rings. The van der Waals surface area contributed by atoms with E-state index >= 15 is 0 Å². The summed E-state index contributed by atoms with van der Waals surface area (Å²) >= 11 is 0. The Balaban J connectivity index is 2.87. The van der Waals surface area contributed by atoms with Gasteiger partial charge in [-0.25, -0.2) is 9.59 Å². The summed E-state index contributed by atoms with van der Waals surface area (Å²) in [6.45, 7) is 15.9. The van der Waals surface area contributed by atoms with Gasteiger partial charge < -0.3 is 29.9 Å². The van der Waals surface area contributed by atoms with Crippen LogP contribution in [0.15, 0.2) is 0 Å². The Morgan fingerprint density at radius 1 is 0.818 bits per heavy atom. The van der Waals surface area contributed by atoms with Gasteiger partial charge in [-0.2, -0.15) is 0 Å². The zero-order valence-corrected chi connectivity index (χ0v) is 21.4. The number of rotatable bonds is 6. The fourth-order valence-electron chi connectivity index (χ4n) is 3.21. The predicted molar refractivity (Wildman–Crippen MR) is 125 cm³/mol. The number of nitrogens with zero attached hydrogens (tertiary/aromatic N) is 2. The highest BCUT2D eigenvalue weighted by molar-refractivity contribution is 5.87. The van der Waals surface area contributed by atoms with Crippen LogP contribution in [0.4, 0.5) is 9.59 Å². The molecule has 10 heteroatoms. The van der Waals surface area contributed by atoms with Crippen molar-refractivity contribution in [2.45, 2.75) is 85.5 Å². The molecule has 1 heterocycles. The fraction of sp³-hybridized carbons (Fsp3) is 0.826. The van der Waals surface area contributed by atoms with Gasteiger partial charge in [0.15, 0.2) is 0 Å². The second-order valence-corrected chi connectivity index (χ2v) is 10.4. The van der Waals surface area contributed by atoms with Crippen molar-refractivity contribution in [3.8, 4) is 0 Å². The highest BCUT2D eigenvalue weighted by atomic mass is 16.6. The molecule has 1 saturated heterocycles. The van der Waals surface area contributed by atoms with E-state index in [0.717, 1.165) is 6.42 Å². The van der Waals surface area contributed by atoms with Gasteiger partial charge in [0, 0.05) is 32.1 Å². The molecule has 1 aliphatic rings. The second kappa shape index (κ2) is 12.1. The Morgan fingerprint density at radius 2 is 1.30 bits per heavy atom. The Labute approximate surface area is 197 Å². The largest absolute Gasteiger partial charge is 0.444 e. The predicted octanol–water partition coefficient (Wildman–Crippen LogP) is 2.51. The summed E-state index contributed by atoms with van der Waals surface area (Å²) in [7, 11) is 0. The number of hydrogen-bond acceptors (Lipinski definition) is 6. The molecule has 1 rings (SSSR count). The third-order valence-corrected chi connectivity index (χ3v) is 4.99. The SMILES string of the molecule is CC[C@@H](C)C(=O)N1CCCN(C(=O)[C@@H](CNC(=O)OC(C)(C)C)NC(=O)OC(C)(C)C)CC1. The summed E-state index contributed by atoms with van der Waals surface area (Å²) in [6.07, 6.45) is -0.0503. The van der Waals surface area contributed by atoms with Crippen molar-refractivity contribution in [1.29, 1.82) is 0 Å². The number of carbonyl (C=O) groups excluding carboxylic acids is 4. The average molecular weight is 471 g/mol. The molecule has 0 unspecified atom stereocenters. The molecule has 0 aliphatic carbocycles. The lowest BCUT2D eigenvalue weighted by atomic mass is 10.1. The molecule has 0 bridgehead atoms. The smallest absolute Gasteiger partial charge is 0.408 e. The van der Waals surface area contributed by atoms with Crippen LogP contribution in [0.2, 0.25) is 0 Å². The van der Waals surface area contributed by atoms with Gasteiger partial charge in [-0.15, -0.1) is 0 Å². The summed E-state index contributed by atoms with van der Waals surface area (Å²) in [5.74, 6) is -0.330. The van der Waals surface area contributed by atoms with E-state index in [-0.39, 0.29) is 24.3 Å². The normalized spacial score (nSPS) is 16.8. The van der Waals surface area contributed by atoms with Gasteiger partial charge in [0.25, 0.3) is 0 Å². The maximum absolute atomic E-state index is 13.3. The number of amides is 4. The molecule has 0 spiro atoms. The first kappa shape index (κ1) is 28.5. The van der Waals surface area contributed by atoms with Crippen LogP contribution in [0, 0.1) is 5.92 Å². The lowest BCUT2D eigenvalue weighted by molar-refractivity contribution is -0.136. The molecule has 0 aromatic heterocycles. The molecule has 0 aromatic carbocycles. The van der Waals surface area contributed by atoms with E-state index in [0.29, 0.717) is 32.6 Å². The number of alkyl carbamates (subject to hydrolysis) is 2. The average Bonchev–Trinajstić information content (AvgIpc) is 2.92. The molecule has 0 saturated carbocycles. The number of hydrogen-bond donors (Lipinski definition) is 2. The third-order valence-electron chi connectivity index (χ3n) is 4.99. The van der Waals surface area contributed by atoms with E-state index in [1.807, 2.05) is 13.8 Å². The molecular formula is C23H42N4O6. The summed E-state index contributed by atoms with van der Waals surface area (Å²) < 4.78 is 10.5. The lowest BCUT2D eigenvalue weighted by Gasteiger charge is -2.29. The molecule has 1 fully saturated rings. The topological polar surface area (TPSA) is 117 Å². The summed E-state index contributed by atoms with van der Waals surface area (Å²) in [6, 6.07) is -1.04. The van der Waals surface area contributed by atoms with Crippen molar-refractivity contribution >= 4 is 24.0 Å². The fourth-order valence-corrected chi connectivity index (χ4v) is 3.21. The molecular weight excluding hydrogens is 428 g/mol. The van der Waals surface area contributed by atoms with E-state index in [1.54, 1.807) is 51.3 Å². The highest BCUT2D eigenvalue weighted by Gasteiger charge is 2.31. The minimum absolute atomic E-state index is 0.0631. The Kier molecular flexibility index (Phi) is 10.4. The van der Waals surface area contributed by atoms with Crippen LogP contribution in [-0.4, -0.2) is 83.8 Å². The first-order valence-electron chi connectivity index (χ1n) is 11.7. The molecule has 2 N–H and O–H groups in total. The number of carbonyl (C=O) groups is 4. The van der Waals surface area contributed by atoms with E-state index < -0.39 is 29.4 Å². The van der Waals surface area contributed by atoms with Crippen molar-refractivity contribution in [2.24, 2.45) is 5.92 Å². The maximum Gasteiger partial charge on any atom is 0.408 e.